The lowest BCUT2D eigenvalue weighted by Crippen LogP contribution is -2.42. The van der Waals surface area contributed by atoms with Crippen molar-refractivity contribution in [2.24, 2.45) is 0 Å². The van der Waals surface area contributed by atoms with Crippen LogP contribution in [0, 0.1) is 0 Å². The van der Waals surface area contributed by atoms with E-state index in [0.29, 0.717) is 12.1 Å². The van der Waals surface area contributed by atoms with Crippen LogP contribution in [0.2, 0.25) is 5.02 Å². The van der Waals surface area contributed by atoms with Gasteiger partial charge in [-0.15, -0.1) is 0 Å². The second kappa shape index (κ2) is 5.47. The van der Waals surface area contributed by atoms with Gasteiger partial charge in [0, 0.05) is 32.7 Å². The summed E-state index contributed by atoms with van der Waals surface area (Å²) in [5, 5.41) is 2.96. The summed E-state index contributed by atoms with van der Waals surface area (Å²) in [5.74, 6) is 0. The molecule has 0 atom stereocenters. The predicted octanol–water partition coefficient (Wildman–Crippen LogP) is 2.76. The molecule has 0 aliphatic carbocycles. The average molecular weight is 279 g/mol. The molecule has 0 aromatic heterocycles. The molecule has 0 saturated carbocycles. The lowest BCUT2D eigenvalue weighted by atomic mass is 10.1. The Morgan fingerprint density at radius 3 is 2.50 bits per heavy atom. The van der Waals surface area contributed by atoms with E-state index < -0.39 is 11.7 Å². The van der Waals surface area contributed by atoms with Crippen LogP contribution in [0.4, 0.5) is 13.2 Å². The SMILES string of the molecule is FC(F)(F)c1cc(CN2CCNCC2)ccc1Cl. The average Bonchev–Trinajstić information content (AvgIpc) is 2.31. The van der Waals surface area contributed by atoms with Crippen molar-refractivity contribution >= 4 is 11.6 Å². The Morgan fingerprint density at radius 2 is 1.89 bits per heavy atom. The molecule has 6 heteroatoms. The molecule has 1 heterocycles. The van der Waals surface area contributed by atoms with Gasteiger partial charge in [0.25, 0.3) is 0 Å². The standard InChI is InChI=1S/C12H14ClF3N2/c13-11-2-1-9(7-10(11)12(14,15)16)8-18-5-3-17-4-6-18/h1-2,7,17H,3-6,8H2. The molecule has 0 bridgehead atoms. The van der Waals surface area contributed by atoms with Crippen molar-refractivity contribution in [3.8, 4) is 0 Å². The van der Waals surface area contributed by atoms with Crippen LogP contribution in [0.25, 0.3) is 0 Å². The summed E-state index contributed by atoms with van der Waals surface area (Å²) >= 11 is 5.58. The fourth-order valence-corrected chi connectivity index (χ4v) is 2.24. The summed E-state index contributed by atoms with van der Waals surface area (Å²) in [6, 6.07) is 4.12. The van der Waals surface area contributed by atoms with E-state index in [4.69, 9.17) is 11.6 Å². The third-order valence-electron chi connectivity index (χ3n) is 2.95. The minimum absolute atomic E-state index is 0.244. The van der Waals surface area contributed by atoms with Crippen molar-refractivity contribution in [3.63, 3.8) is 0 Å². The Kier molecular flexibility index (Phi) is 4.14. The molecule has 1 aliphatic heterocycles. The number of hydrogen-bond donors (Lipinski definition) is 1. The molecule has 1 aromatic carbocycles. The Labute approximate surface area is 109 Å². The van der Waals surface area contributed by atoms with Gasteiger partial charge in [0.2, 0.25) is 0 Å². The molecular formula is C12H14ClF3N2. The van der Waals surface area contributed by atoms with Gasteiger partial charge in [0.05, 0.1) is 10.6 Å². The van der Waals surface area contributed by atoms with Crippen molar-refractivity contribution in [1.29, 1.82) is 0 Å². The number of alkyl halides is 3. The highest BCUT2D eigenvalue weighted by Gasteiger charge is 2.33. The zero-order valence-corrected chi connectivity index (χ0v) is 10.5. The van der Waals surface area contributed by atoms with Crippen LogP contribution in [0.1, 0.15) is 11.1 Å². The molecular weight excluding hydrogens is 265 g/mol. The van der Waals surface area contributed by atoms with Crippen LogP contribution in [0.15, 0.2) is 18.2 Å². The Morgan fingerprint density at radius 1 is 1.22 bits per heavy atom. The Hall–Kier alpha value is -0.780. The first-order chi connectivity index (χ1) is 8.47. The molecule has 0 spiro atoms. The summed E-state index contributed by atoms with van der Waals surface area (Å²) in [6.45, 7) is 3.98. The van der Waals surface area contributed by atoms with Crippen molar-refractivity contribution in [2.75, 3.05) is 26.2 Å². The van der Waals surface area contributed by atoms with Gasteiger partial charge < -0.3 is 5.32 Å². The van der Waals surface area contributed by atoms with Gasteiger partial charge in [0.15, 0.2) is 0 Å². The van der Waals surface area contributed by atoms with Crippen LogP contribution in [0.5, 0.6) is 0 Å². The molecule has 100 valence electrons. The van der Waals surface area contributed by atoms with Crippen molar-refractivity contribution in [1.82, 2.24) is 10.2 Å². The molecule has 0 unspecified atom stereocenters. The summed E-state index contributed by atoms with van der Waals surface area (Å²) in [5.41, 5.74) is -0.106. The topological polar surface area (TPSA) is 15.3 Å². The second-order valence-corrected chi connectivity index (χ2v) is 4.75. The van der Waals surface area contributed by atoms with Crippen LogP contribution in [-0.2, 0) is 12.7 Å². The van der Waals surface area contributed by atoms with Crippen molar-refractivity contribution < 1.29 is 13.2 Å². The van der Waals surface area contributed by atoms with Gasteiger partial charge in [-0.1, -0.05) is 17.7 Å². The summed E-state index contributed by atoms with van der Waals surface area (Å²) in [4.78, 5) is 2.12. The van der Waals surface area contributed by atoms with E-state index in [0.717, 1.165) is 32.2 Å². The largest absolute Gasteiger partial charge is 0.417 e. The number of piperazine rings is 1. The Bertz CT molecular complexity index is 414. The highest BCUT2D eigenvalue weighted by molar-refractivity contribution is 6.31. The molecule has 1 aliphatic rings. The number of nitrogens with one attached hydrogen (secondary N) is 1. The number of benzene rings is 1. The van der Waals surface area contributed by atoms with Crippen LogP contribution in [-0.4, -0.2) is 31.1 Å². The minimum Gasteiger partial charge on any atom is -0.314 e. The molecule has 2 rings (SSSR count). The highest BCUT2D eigenvalue weighted by atomic mass is 35.5. The van der Waals surface area contributed by atoms with Gasteiger partial charge in [-0.3, -0.25) is 4.90 Å². The third kappa shape index (κ3) is 3.37. The van der Waals surface area contributed by atoms with Gasteiger partial charge in [-0.25, -0.2) is 0 Å². The smallest absolute Gasteiger partial charge is 0.314 e. The zero-order chi connectivity index (χ0) is 13.2. The lowest BCUT2D eigenvalue weighted by molar-refractivity contribution is -0.137. The summed E-state index contributed by atoms with van der Waals surface area (Å²) in [7, 11) is 0. The fraction of sp³-hybridized carbons (Fsp3) is 0.500. The van der Waals surface area contributed by atoms with Gasteiger partial charge in [-0.2, -0.15) is 13.2 Å². The monoisotopic (exact) mass is 278 g/mol. The normalized spacial score (nSPS) is 18.0. The van der Waals surface area contributed by atoms with E-state index in [2.05, 4.69) is 10.2 Å². The Balaban J connectivity index is 2.14. The van der Waals surface area contributed by atoms with E-state index >= 15 is 0 Å². The maximum absolute atomic E-state index is 12.7. The maximum atomic E-state index is 12.7. The van der Waals surface area contributed by atoms with Gasteiger partial charge >= 0.3 is 6.18 Å². The zero-order valence-electron chi connectivity index (χ0n) is 9.73. The molecule has 1 saturated heterocycles. The summed E-state index contributed by atoms with van der Waals surface area (Å²) in [6.07, 6.45) is -4.39. The van der Waals surface area contributed by atoms with Crippen LogP contribution >= 0.6 is 11.6 Å². The van der Waals surface area contributed by atoms with Gasteiger partial charge in [-0.05, 0) is 17.7 Å². The molecule has 2 nitrogen and oxygen atoms in total. The fourth-order valence-electron chi connectivity index (χ4n) is 2.02. The lowest BCUT2D eigenvalue weighted by Gasteiger charge is -2.27. The number of halogens is 4. The van der Waals surface area contributed by atoms with Crippen LogP contribution in [0.3, 0.4) is 0 Å². The summed E-state index contributed by atoms with van der Waals surface area (Å²) < 4.78 is 38.1. The third-order valence-corrected chi connectivity index (χ3v) is 3.28. The molecule has 1 aromatic rings. The first kappa shape index (κ1) is 13.6. The minimum atomic E-state index is -4.39. The number of rotatable bonds is 2. The van der Waals surface area contributed by atoms with Crippen molar-refractivity contribution in [2.45, 2.75) is 12.7 Å². The van der Waals surface area contributed by atoms with E-state index in [-0.39, 0.29) is 5.02 Å². The van der Waals surface area contributed by atoms with Crippen molar-refractivity contribution in [3.05, 3.63) is 34.3 Å². The first-order valence-corrected chi connectivity index (χ1v) is 6.13. The van der Waals surface area contributed by atoms with E-state index in [1.165, 1.54) is 6.07 Å². The van der Waals surface area contributed by atoms with Crippen LogP contribution < -0.4 is 5.32 Å². The maximum Gasteiger partial charge on any atom is 0.417 e. The van der Waals surface area contributed by atoms with Gasteiger partial charge in [0.1, 0.15) is 0 Å². The predicted molar refractivity (Wildman–Crippen MR) is 64.6 cm³/mol. The van der Waals surface area contributed by atoms with E-state index in [1.54, 1.807) is 6.07 Å². The molecule has 1 N–H and O–H groups in total. The highest BCUT2D eigenvalue weighted by Crippen LogP contribution is 2.35. The number of nitrogens with zero attached hydrogens (tertiary/aromatic N) is 1. The quantitative estimate of drug-likeness (QED) is 0.895. The molecule has 0 radical (unpaired) electrons. The van der Waals surface area contributed by atoms with E-state index in [9.17, 15) is 13.2 Å². The number of hydrogen-bond acceptors (Lipinski definition) is 2. The van der Waals surface area contributed by atoms with E-state index in [1.807, 2.05) is 0 Å². The second-order valence-electron chi connectivity index (χ2n) is 4.34. The molecule has 18 heavy (non-hydrogen) atoms. The molecule has 0 amide bonds. The molecule has 1 fully saturated rings. The first-order valence-electron chi connectivity index (χ1n) is 5.75.